The summed E-state index contributed by atoms with van der Waals surface area (Å²) in [6.07, 6.45) is 2.90. The van der Waals surface area contributed by atoms with Crippen molar-refractivity contribution >= 4 is 0 Å². The Hall–Kier alpha value is -0.0800. The van der Waals surface area contributed by atoms with Crippen LogP contribution in [0.4, 0.5) is 0 Å². The van der Waals surface area contributed by atoms with E-state index in [9.17, 15) is 0 Å². The Labute approximate surface area is 76.3 Å². The zero-order chi connectivity index (χ0) is 8.97. The molecule has 0 heterocycles. The van der Waals surface area contributed by atoms with E-state index in [1.807, 2.05) is 0 Å². The molecule has 1 aliphatic carbocycles. The summed E-state index contributed by atoms with van der Waals surface area (Å²) in [6.45, 7) is 7.91. The first-order chi connectivity index (χ1) is 5.75. The van der Waals surface area contributed by atoms with Gasteiger partial charge in [0.25, 0.3) is 0 Å². The summed E-state index contributed by atoms with van der Waals surface area (Å²) in [5.41, 5.74) is 0. The molecule has 2 heteroatoms. The second kappa shape index (κ2) is 4.83. The summed E-state index contributed by atoms with van der Waals surface area (Å²) >= 11 is 0. The first kappa shape index (κ1) is 10.0. The highest BCUT2D eigenvalue weighted by Crippen LogP contribution is 2.34. The molecular formula is C10H22N2. The van der Waals surface area contributed by atoms with E-state index in [0.29, 0.717) is 0 Å². The number of likely N-dealkylation sites (N-methyl/N-ethyl adjacent to an activating group) is 2. The molecule has 0 amide bonds. The maximum absolute atomic E-state index is 3.35. The number of hydrogen-bond donors (Lipinski definition) is 1. The van der Waals surface area contributed by atoms with E-state index >= 15 is 0 Å². The van der Waals surface area contributed by atoms with Crippen LogP contribution < -0.4 is 5.32 Å². The largest absolute Gasteiger partial charge is 0.316 e. The van der Waals surface area contributed by atoms with Crippen molar-refractivity contribution in [1.29, 1.82) is 0 Å². The van der Waals surface area contributed by atoms with Gasteiger partial charge in [-0.2, -0.15) is 0 Å². The Morgan fingerprint density at radius 3 is 2.67 bits per heavy atom. The van der Waals surface area contributed by atoms with E-state index in [0.717, 1.165) is 25.0 Å². The number of nitrogens with zero attached hydrogens (tertiary/aromatic N) is 1. The van der Waals surface area contributed by atoms with Crippen LogP contribution in [0.1, 0.15) is 26.7 Å². The van der Waals surface area contributed by atoms with Gasteiger partial charge in [-0.25, -0.2) is 0 Å². The quantitative estimate of drug-likeness (QED) is 0.605. The Morgan fingerprint density at radius 2 is 2.17 bits per heavy atom. The van der Waals surface area contributed by atoms with Crippen molar-refractivity contribution in [2.45, 2.75) is 32.7 Å². The maximum atomic E-state index is 3.35. The molecule has 2 nitrogen and oxygen atoms in total. The summed E-state index contributed by atoms with van der Waals surface area (Å²) in [4.78, 5) is 2.47. The highest BCUT2D eigenvalue weighted by Gasteiger charge is 2.29. The minimum atomic E-state index is 0.795. The molecule has 0 aromatic heterocycles. The molecule has 0 aliphatic heterocycles. The highest BCUT2D eigenvalue weighted by atomic mass is 15.1. The predicted molar refractivity (Wildman–Crippen MR) is 53.4 cm³/mol. The van der Waals surface area contributed by atoms with Crippen LogP contribution in [0, 0.1) is 5.92 Å². The third kappa shape index (κ3) is 3.11. The molecular weight excluding hydrogens is 148 g/mol. The summed E-state index contributed by atoms with van der Waals surface area (Å²) in [5.74, 6) is 0.997. The van der Waals surface area contributed by atoms with Crippen molar-refractivity contribution in [2.75, 3.05) is 26.7 Å². The van der Waals surface area contributed by atoms with Gasteiger partial charge in [0.15, 0.2) is 0 Å². The van der Waals surface area contributed by atoms with Crippen LogP contribution in [0.15, 0.2) is 0 Å². The summed E-state index contributed by atoms with van der Waals surface area (Å²) in [6, 6.07) is 0.795. The van der Waals surface area contributed by atoms with Gasteiger partial charge in [0.1, 0.15) is 0 Å². The summed E-state index contributed by atoms with van der Waals surface area (Å²) in [5, 5.41) is 3.35. The van der Waals surface area contributed by atoms with Gasteiger partial charge in [0.05, 0.1) is 0 Å². The monoisotopic (exact) mass is 170 g/mol. The minimum Gasteiger partial charge on any atom is -0.316 e. The fourth-order valence-corrected chi connectivity index (χ4v) is 1.57. The first-order valence-electron chi connectivity index (χ1n) is 5.16. The average Bonchev–Trinajstić information content (AvgIpc) is 2.86. The van der Waals surface area contributed by atoms with Gasteiger partial charge in [-0.15, -0.1) is 0 Å². The average molecular weight is 170 g/mol. The molecule has 0 aromatic carbocycles. The Bertz CT molecular complexity index is 121. The van der Waals surface area contributed by atoms with Crippen molar-refractivity contribution in [3.05, 3.63) is 0 Å². The zero-order valence-corrected chi connectivity index (χ0v) is 8.64. The molecule has 0 aromatic rings. The molecule has 0 radical (unpaired) electrons. The molecule has 1 saturated carbocycles. The molecule has 0 bridgehead atoms. The second-order valence-electron chi connectivity index (χ2n) is 3.91. The summed E-state index contributed by atoms with van der Waals surface area (Å²) in [7, 11) is 2.24. The molecule has 1 fully saturated rings. The number of hydrogen-bond acceptors (Lipinski definition) is 2. The molecule has 1 atom stereocenters. The molecule has 1 rings (SSSR count). The smallest absolute Gasteiger partial charge is 0.0107 e. The zero-order valence-electron chi connectivity index (χ0n) is 8.64. The van der Waals surface area contributed by atoms with Gasteiger partial charge >= 0.3 is 0 Å². The van der Waals surface area contributed by atoms with E-state index in [4.69, 9.17) is 0 Å². The minimum absolute atomic E-state index is 0.795. The van der Waals surface area contributed by atoms with E-state index in [2.05, 4.69) is 31.1 Å². The fourth-order valence-electron chi connectivity index (χ4n) is 1.57. The van der Waals surface area contributed by atoms with Gasteiger partial charge in [-0.05, 0) is 39.3 Å². The SMILES string of the molecule is CCNCCN(C)C(C)C1CC1. The molecule has 12 heavy (non-hydrogen) atoms. The van der Waals surface area contributed by atoms with Gasteiger partial charge in [0, 0.05) is 19.1 Å². The van der Waals surface area contributed by atoms with Crippen LogP contribution in [-0.4, -0.2) is 37.6 Å². The van der Waals surface area contributed by atoms with Crippen LogP contribution in [0.25, 0.3) is 0 Å². The van der Waals surface area contributed by atoms with Gasteiger partial charge < -0.3 is 10.2 Å². The Kier molecular flexibility index (Phi) is 4.02. The predicted octanol–water partition coefficient (Wildman–Crippen LogP) is 1.33. The standard InChI is InChI=1S/C10H22N2/c1-4-11-7-8-12(3)9(2)10-5-6-10/h9-11H,4-8H2,1-3H3. The first-order valence-corrected chi connectivity index (χ1v) is 5.16. The second-order valence-corrected chi connectivity index (χ2v) is 3.91. The highest BCUT2D eigenvalue weighted by molar-refractivity contribution is 4.84. The normalized spacial score (nSPS) is 20.0. The third-order valence-corrected chi connectivity index (χ3v) is 2.89. The van der Waals surface area contributed by atoms with Crippen molar-refractivity contribution in [1.82, 2.24) is 10.2 Å². The Morgan fingerprint density at radius 1 is 1.50 bits per heavy atom. The maximum Gasteiger partial charge on any atom is 0.0107 e. The molecule has 1 aliphatic rings. The fraction of sp³-hybridized carbons (Fsp3) is 1.00. The summed E-state index contributed by atoms with van der Waals surface area (Å²) < 4.78 is 0. The molecule has 72 valence electrons. The van der Waals surface area contributed by atoms with Crippen molar-refractivity contribution in [3.63, 3.8) is 0 Å². The topological polar surface area (TPSA) is 15.3 Å². The van der Waals surface area contributed by atoms with Crippen LogP contribution in [0.2, 0.25) is 0 Å². The molecule has 1 N–H and O–H groups in total. The lowest BCUT2D eigenvalue weighted by Crippen LogP contribution is -2.36. The van der Waals surface area contributed by atoms with Crippen molar-refractivity contribution in [2.24, 2.45) is 5.92 Å². The number of rotatable bonds is 6. The molecule has 1 unspecified atom stereocenters. The molecule has 0 spiro atoms. The van der Waals surface area contributed by atoms with Crippen LogP contribution in [-0.2, 0) is 0 Å². The van der Waals surface area contributed by atoms with Crippen molar-refractivity contribution < 1.29 is 0 Å². The van der Waals surface area contributed by atoms with E-state index < -0.39 is 0 Å². The lowest BCUT2D eigenvalue weighted by Gasteiger charge is -2.24. The van der Waals surface area contributed by atoms with Gasteiger partial charge in [-0.3, -0.25) is 0 Å². The van der Waals surface area contributed by atoms with E-state index in [1.165, 1.54) is 19.4 Å². The van der Waals surface area contributed by atoms with Gasteiger partial charge in [-0.1, -0.05) is 6.92 Å². The van der Waals surface area contributed by atoms with E-state index in [-0.39, 0.29) is 0 Å². The van der Waals surface area contributed by atoms with Crippen LogP contribution >= 0.6 is 0 Å². The lowest BCUT2D eigenvalue weighted by molar-refractivity contribution is 0.235. The Balaban J connectivity index is 2.04. The number of nitrogens with one attached hydrogen (secondary N) is 1. The van der Waals surface area contributed by atoms with E-state index in [1.54, 1.807) is 0 Å². The van der Waals surface area contributed by atoms with Gasteiger partial charge in [0.2, 0.25) is 0 Å². The van der Waals surface area contributed by atoms with Crippen LogP contribution in [0.5, 0.6) is 0 Å². The molecule has 0 saturated heterocycles. The third-order valence-electron chi connectivity index (χ3n) is 2.89. The lowest BCUT2D eigenvalue weighted by atomic mass is 10.2. The van der Waals surface area contributed by atoms with Crippen LogP contribution in [0.3, 0.4) is 0 Å². The van der Waals surface area contributed by atoms with Crippen molar-refractivity contribution in [3.8, 4) is 0 Å².